The van der Waals surface area contributed by atoms with Crippen LogP contribution in [0.25, 0.3) is 11.4 Å². The van der Waals surface area contributed by atoms with E-state index in [2.05, 4.69) is 10.3 Å². The number of amides is 1. The smallest absolute Gasteiger partial charge is 0.251 e. The summed E-state index contributed by atoms with van der Waals surface area (Å²) in [5.41, 5.74) is 1.61. The Hall–Kier alpha value is -2.14. The average Bonchev–Trinajstić information content (AvgIpc) is 3.16. The van der Waals surface area contributed by atoms with Crippen LogP contribution in [0.4, 0.5) is 0 Å². The van der Waals surface area contributed by atoms with Gasteiger partial charge in [0, 0.05) is 49.6 Å². The van der Waals surface area contributed by atoms with Crippen LogP contribution in [-0.2, 0) is 11.8 Å². The molecule has 21 heavy (non-hydrogen) atoms. The Morgan fingerprint density at radius 3 is 3.14 bits per heavy atom. The summed E-state index contributed by atoms with van der Waals surface area (Å²) >= 11 is 0. The van der Waals surface area contributed by atoms with Gasteiger partial charge in [0.15, 0.2) is 0 Å². The Kier molecular flexibility index (Phi) is 4.01. The molecule has 1 atom stereocenters. The zero-order valence-electron chi connectivity index (χ0n) is 12.1. The van der Waals surface area contributed by atoms with Gasteiger partial charge in [-0.1, -0.05) is 12.1 Å². The minimum atomic E-state index is -0.0436. The van der Waals surface area contributed by atoms with E-state index >= 15 is 0 Å². The van der Waals surface area contributed by atoms with Gasteiger partial charge < -0.3 is 14.6 Å². The van der Waals surface area contributed by atoms with Crippen LogP contribution in [0.1, 0.15) is 16.8 Å². The quantitative estimate of drug-likeness (QED) is 0.932. The molecule has 0 aliphatic carbocycles. The zero-order chi connectivity index (χ0) is 14.7. The van der Waals surface area contributed by atoms with Crippen LogP contribution >= 0.6 is 0 Å². The maximum Gasteiger partial charge on any atom is 0.251 e. The summed E-state index contributed by atoms with van der Waals surface area (Å²) in [5, 5.41) is 2.98. The molecule has 1 saturated heterocycles. The first-order valence-electron chi connectivity index (χ1n) is 7.18. The van der Waals surface area contributed by atoms with Crippen LogP contribution < -0.4 is 5.32 Å². The topological polar surface area (TPSA) is 56.2 Å². The number of aryl methyl sites for hydroxylation is 1. The largest absolute Gasteiger partial charge is 0.381 e. The normalized spacial score (nSPS) is 17.9. The van der Waals surface area contributed by atoms with Crippen molar-refractivity contribution in [1.29, 1.82) is 0 Å². The molecule has 0 radical (unpaired) electrons. The molecule has 5 heteroatoms. The minimum Gasteiger partial charge on any atom is -0.381 e. The summed E-state index contributed by atoms with van der Waals surface area (Å²) in [6.45, 7) is 2.22. The Morgan fingerprint density at radius 1 is 1.52 bits per heavy atom. The molecule has 1 aliphatic rings. The monoisotopic (exact) mass is 285 g/mol. The van der Waals surface area contributed by atoms with Crippen molar-refractivity contribution in [3.63, 3.8) is 0 Å². The lowest BCUT2D eigenvalue weighted by atomic mass is 10.1. The third-order valence-electron chi connectivity index (χ3n) is 3.78. The number of imidazole rings is 1. The molecule has 1 amide bonds. The number of rotatable bonds is 4. The number of hydrogen-bond donors (Lipinski definition) is 1. The second kappa shape index (κ2) is 6.10. The van der Waals surface area contributed by atoms with E-state index in [1.807, 2.05) is 42.1 Å². The average molecular weight is 285 g/mol. The first kappa shape index (κ1) is 13.8. The van der Waals surface area contributed by atoms with E-state index in [4.69, 9.17) is 4.74 Å². The van der Waals surface area contributed by atoms with Crippen molar-refractivity contribution in [1.82, 2.24) is 14.9 Å². The summed E-state index contributed by atoms with van der Waals surface area (Å²) in [6.07, 6.45) is 4.66. The molecule has 0 spiro atoms. The highest BCUT2D eigenvalue weighted by Crippen LogP contribution is 2.18. The molecule has 1 unspecified atom stereocenters. The van der Waals surface area contributed by atoms with Gasteiger partial charge in [0.2, 0.25) is 0 Å². The van der Waals surface area contributed by atoms with Crippen molar-refractivity contribution in [3.05, 3.63) is 42.2 Å². The molecule has 5 nitrogen and oxygen atoms in total. The van der Waals surface area contributed by atoms with E-state index < -0.39 is 0 Å². The van der Waals surface area contributed by atoms with E-state index in [1.165, 1.54) is 0 Å². The molecule has 3 rings (SSSR count). The molecule has 1 N–H and O–H groups in total. The van der Waals surface area contributed by atoms with Gasteiger partial charge in [0.1, 0.15) is 5.82 Å². The second-order valence-corrected chi connectivity index (χ2v) is 5.38. The molecule has 2 aromatic rings. The molecule has 1 aromatic carbocycles. The van der Waals surface area contributed by atoms with Crippen LogP contribution in [-0.4, -0.2) is 35.2 Å². The van der Waals surface area contributed by atoms with Crippen LogP contribution in [0.5, 0.6) is 0 Å². The number of hydrogen-bond acceptors (Lipinski definition) is 3. The molecule has 0 saturated carbocycles. The van der Waals surface area contributed by atoms with Crippen LogP contribution in [0.3, 0.4) is 0 Å². The van der Waals surface area contributed by atoms with Crippen molar-refractivity contribution in [2.24, 2.45) is 13.0 Å². The first-order valence-corrected chi connectivity index (χ1v) is 7.18. The summed E-state index contributed by atoms with van der Waals surface area (Å²) in [5.74, 6) is 1.25. The van der Waals surface area contributed by atoms with Crippen molar-refractivity contribution < 1.29 is 9.53 Å². The van der Waals surface area contributed by atoms with E-state index in [-0.39, 0.29) is 5.91 Å². The van der Waals surface area contributed by atoms with Gasteiger partial charge in [0.25, 0.3) is 5.91 Å². The van der Waals surface area contributed by atoms with Gasteiger partial charge in [-0.15, -0.1) is 0 Å². The maximum absolute atomic E-state index is 12.2. The molecule has 1 aliphatic heterocycles. The van der Waals surface area contributed by atoms with Gasteiger partial charge in [-0.25, -0.2) is 4.98 Å². The van der Waals surface area contributed by atoms with E-state index in [9.17, 15) is 4.79 Å². The Bertz CT molecular complexity index is 630. The third-order valence-corrected chi connectivity index (χ3v) is 3.78. The number of carbonyl (C=O) groups excluding carboxylic acids is 1. The molecule has 110 valence electrons. The summed E-state index contributed by atoms with van der Waals surface area (Å²) < 4.78 is 7.25. The fourth-order valence-corrected chi connectivity index (χ4v) is 2.53. The summed E-state index contributed by atoms with van der Waals surface area (Å²) in [6, 6.07) is 7.55. The van der Waals surface area contributed by atoms with Gasteiger partial charge in [-0.05, 0) is 18.6 Å². The van der Waals surface area contributed by atoms with Gasteiger partial charge >= 0.3 is 0 Å². The fraction of sp³-hybridized carbons (Fsp3) is 0.375. The van der Waals surface area contributed by atoms with Crippen molar-refractivity contribution >= 4 is 5.91 Å². The molecule has 2 heterocycles. The highest BCUT2D eigenvalue weighted by Gasteiger charge is 2.17. The Labute approximate surface area is 124 Å². The second-order valence-electron chi connectivity index (χ2n) is 5.38. The summed E-state index contributed by atoms with van der Waals surface area (Å²) in [7, 11) is 1.94. The molecular formula is C16H19N3O2. The highest BCUT2D eigenvalue weighted by atomic mass is 16.5. The predicted molar refractivity (Wildman–Crippen MR) is 79.9 cm³/mol. The number of nitrogens with zero attached hydrogens (tertiary/aromatic N) is 2. The lowest BCUT2D eigenvalue weighted by molar-refractivity contribution is 0.0945. The lowest BCUT2D eigenvalue weighted by Crippen LogP contribution is -2.29. The highest BCUT2D eigenvalue weighted by molar-refractivity contribution is 5.95. The van der Waals surface area contributed by atoms with Crippen LogP contribution in [0, 0.1) is 5.92 Å². The molecule has 1 fully saturated rings. The summed E-state index contributed by atoms with van der Waals surface area (Å²) in [4.78, 5) is 16.5. The van der Waals surface area contributed by atoms with Crippen molar-refractivity contribution in [3.8, 4) is 11.4 Å². The van der Waals surface area contributed by atoms with Crippen LogP contribution in [0.2, 0.25) is 0 Å². The SMILES string of the molecule is Cn1ccnc1-c1cccc(C(=O)NCC2CCOC2)c1. The number of carbonyl (C=O) groups is 1. The number of benzene rings is 1. The Balaban J connectivity index is 1.70. The predicted octanol–water partition coefficient (Wildman–Crippen LogP) is 1.85. The van der Waals surface area contributed by atoms with Crippen molar-refractivity contribution in [2.75, 3.05) is 19.8 Å². The van der Waals surface area contributed by atoms with E-state index in [0.29, 0.717) is 18.0 Å². The number of aromatic nitrogens is 2. The number of nitrogens with one attached hydrogen (secondary N) is 1. The fourth-order valence-electron chi connectivity index (χ4n) is 2.53. The standard InChI is InChI=1S/C16H19N3O2/c1-19-7-6-17-15(19)13-3-2-4-14(9-13)16(20)18-10-12-5-8-21-11-12/h2-4,6-7,9,12H,5,8,10-11H2,1H3,(H,18,20). The zero-order valence-corrected chi connectivity index (χ0v) is 12.1. The van der Waals surface area contributed by atoms with Gasteiger partial charge in [0.05, 0.1) is 6.61 Å². The molecule has 0 bridgehead atoms. The molecule has 1 aromatic heterocycles. The molecular weight excluding hydrogens is 266 g/mol. The van der Waals surface area contributed by atoms with Crippen molar-refractivity contribution in [2.45, 2.75) is 6.42 Å². The minimum absolute atomic E-state index is 0.0436. The maximum atomic E-state index is 12.2. The number of ether oxygens (including phenoxy) is 1. The van der Waals surface area contributed by atoms with Gasteiger partial charge in [-0.3, -0.25) is 4.79 Å². The van der Waals surface area contributed by atoms with Gasteiger partial charge in [-0.2, -0.15) is 0 Å². The first-order chi connectivity index (χ1) is 10.2. The van der Waals surface area contributed by atoms with E-state index in [1.54, 1.807) is 6.20 Å². The Morgan fingerprint density at radius 2 is 2.43 bits per heavy atom. The lowest BCUT2D eigenvalue weighted by Gasteiger charge is -2.10. The van der Waals surface area contributed by atoms with E-state index in [0.717, 1.165) is 31.0 Å². The third kappa shape index (κ3) is 3.13. The van der Waals surface area contributed by atoms with Crippen LogP contribution in [0.15, 0.2) is 36.7 Å².